The van der Waals surface area contributed by atoms with E-state index in [0.717, 1.165) is 23.6 Å². The van der Waals surface area contributed by atoms with E-state index < -0.39 is 0 Å². The maximum atomic E-state index is 12.4. The zero-order valence-corrected chi connectivity index (χ0v) is 11.6. The lowest BCUT2D eigenvalue weighted by Gasteiger charge is -2.18. The minimum absolute atomic E-state index is 0.0202. The van der Waals surface area contributed by atoms with Gasteiger partial charge in [-0.05, 0) is 57.2 Å². The molecule has 1 aliphatic carbocycles. The number of aromatic nitrogens is 1. The smallest absolute Gasteiger partial charge is 0.241 e. The van der Waals surface area contributed by atoms with Crippen molar-refractivity contribution in [2.75, 3.05) is 11.9 Å². The third-order valence-corrected chi connectivity index (χ3v) is 4.51. The second-order valence-corrected chi connectivity index (χ2v) is 5.82. The summed E-state index contributed by atoms with van der Waals surface area (Å²) >= 11 is 0. The number of fused-ring (bicyclic) bond motifs is 1. The molecule has 2 fully saturated rings. The molecule has 4 nitrogen and oxygen atoms in total. The largest absolute Gasteiger partial charge is 0.323 e. The van der Waals surface area contributed by atoms with E-state index in [2.05, 4.69) is 15.6 Å². The molecule has 4 heteroatoms. The number of pyridine rings is 1. The van der Waals surface area contributed by atoms with Gasteiger partial charge < -0.3 is 10.6 Å². The summed E-state index contributed by atoms with van der Waals surface area (Å²) in [5.41, 5.74) is 2.69. The van der Waals surface area contributed by atoms with Crippen molar-refractivity contribution in [3.63, 3.8) is 0 Å². The van der Waals surface area contributed by atoms with Crippen LogP contribution >= 0.6 is 0 Å². The first-order valence-electron chi connectivity index (χ1n) is 7.13. The average molecular weight is 259 g/mol. The van der Waals surface area contributed by atoms with Crippen LogP contribution in [0.5, 0.6) is 0 Å². The lowest BCUT2D eigenvalue weighted by molar-refractivity contribution is -0.118. The highest BCUT2D eigenvalue weighted by Gasteiger charge is 2.42. The predicted octanol–water partition coefficient (Wildman–Crippen LogP) is 2.03. The Morgan fingerprint density at radius 2 is 2.21 bits per heavy atom. The molecule has 1 aromatic rings. The molecule has 3 atom stereocenters. The van der Waals surface area contributed by atoms with Crippen LogP contribution in [0.3, 0.4) is 0 Å². The van der Waals surface area contributed by atoms with Crippen molar-refractivity contribution >= 4 is 11.6 Å². The van der Waals surface area contributed by atoms with E-state index in [1.807, 2.05) is 26.0 Å². The van der Waals surface area contributed by atoms with E-state index in [1.165, 1.54) is 19.3 Å². The Kier molecular flexibility index (Phi) is 3.27. The molecule has 2 heterocycles. The van der Waals surface area contributed by atoms with Gasteiger partial charge in [0.2, 0.25) is 5.91 Å². The molecule has 1 saturated heterocycles. The van der Waals surface area contributed by atoms with Crippen molar-refractivity contribution in [1.29, 1.82) is 0 Å². The Bertz CT molecular complexity index is 500. The van der Waals surface area contributed by atoms with Crippen LogP contribution in [-0.4, -0.2) is 23.5 Å². The number of nitrogens with one attached hydrogen (secondary N) is 2. The lowest BCUT2D eigenvalue weighted by Crippen LogP contribution is -2.39. The van der Waals surface area contributed by atoms with Crippen LogP contribution in [0.2, 0.25) is 0 Å². The molecule has 1 saturated carbocycles. The van der Waals surface area contributed by atoms with Crippen molar-refractivity contribution < 1.29 is 4.79 Å². The monoisotopic (exact) mass is 259 g/mol. The fraction of sp³-hybridized carbons (Fsp3) is 0.600. The quantitative estimate of drug-likeness (QED) is 0.854. The van der Waals surface area contributed by atoms with E-state index in [1.54, 1.807) is 0 Å². The Hall–Kier alpha value is -1.42. The summed E-state index contributed by atoms with van der Waals surface area (Å²) in [6, 6.07) is 3.85. The van der Waals surface area contributed by atoms with E-state index in [4.69, 9.17) is 0 Å². The van der Waals surface area contributed by atoms with Gasteiger partial charge >= 0.3 is 0 Å². The minimum atomic E-state index is -0.0202. The number of aryl methyl sites for hydroxylation is 2. The summed E-state index contributed by atoms with van der Waals surface area (Å²) in [6.07, 6.45) is 3.72. The van der Waals surface area contributed by atoms with Crippen LogP contribution in [0.25, 0.3) is 0 Å². The number of hydrogen-bond donors (Lipinski definition) is 2. The fourth-order valence-electron chi connectivity index (χ4n) is 3.50. The highest BCUT2D eigenvalue weighted by molar-refractivity contribution is 5.95. The second-order valence-electron chi connectivity index (χ2n) is 5.82. The zero-order chi connectivity index (χ0) is 13.4. The van der Waals surface area contributed by atoms with Crippen molar-refractivity contribution in [2.24, 2.45) is 11.8 Å². The molecule has 1 amide bonds. The number of nitrogens with zero attached hydrogens (tertiary/aromatic N) is 1. The summed E-state index contributed by atoms with van der Waals surface area (Å²) in [7, 11) is 0. The van der Waals surface area contributed by atoms with Crippen molar-refractivity contribution in [3.8, 4) is 0 Å². The van der Waals surface area contributed by atoms with Crippen molar-refractivity contribution in [2.45, 2.75) is 39.2 Å². The molecule has 0 spiro atoms. The molecule has 3 rings (SSSR count). The van der Waals surface area contributed by atoms with Crippen LogP contribution < -0.4 is 10.6 Å². The number of carbonyl (C=O) groups is 1. The highest BCUT2D eigenvalue weighted by atomic mass is 16.2. The standard InChI is InChI=1S/C15H21N3O/c1-9-6-7-13(10(2)17-9)18-15(19)14-12-5-3-4-11(12)8-16-14/h6-7,11-12,14,16H,3-5,8H2,1-2H3,(H,18,19). The zero-order valence-electron chi connectivity index (χ0n) is 11.6. The van der Waals surface area contributed by atoms with Crippen molar-refractivity contribution in [1.82, 2.24) is 10.3 Å². The SMILES string of the molecule is Cc1ccc(NC(=O)C2NCC3CCCC32)c(C)n1. The Labute approximate surface area is 114 Å². The van der Waals surface area contributed by atoms with Gasteiger partial charge in [0.05, 0.1) is 17.4 Å². The van der Waals surface area contributed by atoms with Gasteiger partial charge in [0.15, 0.2) is 0 Å². The van der Waals surface area contributed by atoms with Gasteiger partial charge in [-0.2, -0.15) is 0 Å². The topological polar surface area (TPSA) is 54.0 Å². The molecule has 1 aromatic heterocycles. The third-order valence-electron chi connectivity index (χ3n) is 4.51. The Balaban J connectivity index is 1.71. The van der Waals surface area contributed by atoms with E-state index in [-0.39, 0.29) is 11.9 Å². The number of carbonyl (C=O) groups excluding carboxylic acids is 1. The molecule has 0 bridgehead atoms. The Morgan fingerprint density at radius 1 is 1.37 bits per heavy atom. The molecular weight excluding hydrogens is 238 g/mol. The van der Waals surface area contributed by atoms with Gasteiger partial charge in [-0.1, -0.05) is 6.42 Å². The summed E-state index contributed by atoms with van der Waals surface area (Å²) in [5.74, 6) is 1.33. The summed E-state index contributed by atoms with van der Waals surface area (Å²) in [6.45, 7) is 4.89. The molecule has 2 aliphatic rings. The first-order valence-corrected chi connectivity index (χ1v) is 7.13. The molecule has 0 radical (unpaired) electrons. The van der Waals surface area contributed by atoms with Gasteiger partial charge in [0.1, 0.15) is 0 Å². The van der Waals surface area contributed by atoms with E-state index in [0.29, 0.717) is 11.8 Å². The molecule has 0 aromatic carbocycles. The fourth-order valence-corrected chi connectivity index (χ4v) is 3.50. The van der Waals surface area contributed by atoms with Gasteiger partial charge in [0.25, 0.3) is 0 Å². The molecular formula is C15H21N3O. The van der Waals surface area contributed by atoms with Crippen LogP contribution in [0, 0.1) is 25.7 Å². The van der Waals surface area contributed by atoms with Crippen LogP contribution in [-0.2, 0) is 4.79 Å². The highest BCUT2D eigenvalue weighted by Crippen LogP contribution is 2.38. The van der Waals surface area contributed by atoms with Gasteiger partial charge in [0, 0.05) is 5.69 Å². The van der Waals surface area contributed by atoms with Gasteiger partial charge in [-0.25, -0.2) is 0 Å². The third kappa shape index (κ3) is 2.37. The summed E-state index contributed by atoms with van der Waals surface area (Å²) < 4.78 is 0. The predicted molar refractivity (Wildman–Crippen MR) is 75.0 cm³/mol. The molecule has 3 unspecified atom stereocenters. The van der Waals surface area contributed by atoms with Crippen LogP contribution in [0.15, 0.2) is 12.1 Å². The van der Waals surface area contributed by atoms with E-state index in [9.17, 15) is 4.79 Å². The molecule has 2 N–H and O–H groups in total. The minimum Gasteiger partial charge on any atom is -0.323 e. The molecule has 1 aliphatic heterocycles. The number of hydrogen-bond acceptors (Lipinski definition) is 3. The van der Waals surface area contributed by atoms with E-state index >= 15 is 0 Å². The maximum absolute atomic E-state index is 12.4. The maximum Gasteiger partial charge on any atom is 0.241 e. The first kappa shape index (κ1) is 12.6. The summed E-state index contributed by atoms with van der Waals surface area (Å²) in [5, 5.41) is 6.41. The number of amides is 1. The lowest BCUT2D eigenvalue weighted by atomic mass is 9.93. The number of rotatable bonds is 2. The second kappa shape index (κ2) is 4.93. The normalized spacial score (nSPS) is 29.3. The van der Waals surface area contributed by atoms with Crippen LogP contribution in [0.4, 0.5) is 5.69 Å². The average Bonchev–Trinajstić information content (AvgIpc) is 2.94. The summed E-state index contributed by atoms with van der Waals surface area (Å²) in [4.78, 5) is 16.8. The molecule has 102 valence electrons. The number of anilines is 1. The van der Waals surface area contributed by atoms with Gasteiger partial charge in [-0.15, -0.1) is 0 Å². The van der Waals surface area contributed by atoms with Gasteiger partial charge in [-0.3, -0.25) is 9.78 Å². The molecule has 19 heavy (non-hydrogen) atoms. The van der Waals surface area contributed by atoms with Crippen LogP contribution in [0.1, 0.15) is 30.7 Å². The Morgan fingerprint density at radius 3 is 3.00 bits per heavy atom. The first-order chi connectivity index (χ1) is 9.15. The van der Waals surface area contributed by atoms with Crippen molar-refractivity contribution in [3.05, 3.63) is 23.5 Å².